The fraction of sp³-hybridized carbons (Fsp3) is 0.121. The summed E-state index contributed by atoms with van der Waals surface area (Å²) in [5.41, 5.74) is 2.37. The van der Waals surface area contributed by atoms with Gasteiger partial charge >= 0.3 is 0 Å². The van der Waals surface area contributed by atoms with E-state index in [1.165, 1.54) is 32.6 Å². The summed E-state index contributed by atoms with van der Waals surface area (Å²) in [5.74, 6) is 0. The van der Waals surface area contributed by atoms with Gasteiger partial charge in [-0.05, 0) is 60.7 Å². The number of hydrogen-bond donors (Lipinski definition) is 0. The lowest BCUT2D eigenvalue weighted by Crippen LogP contribution is -2.24. The molecule has 0 aliphatic heterocycles. The molecular weight excluding hydrogens is 472 g/mol. The third-order valence-electron chi connectivity index (χ3n) is 7.13. The molecule has 5 rings (SSSR count). The molecule has 178 valence electrons. The number of hydrogen-bond acceptors (Lipinski definition) is 1. The maximum Gasteiger partial charge on any atom is 0.110 e. The molecule has 0 saturated heterocycles. The minimum absolute atomic E-state index is 0.959. The van der Waals surface area contributed by atoms with Crippen molar-refractivity contribution in [3.63, 3.8) is 0 Å². The van der Waals surface area contributed by atoms with Gasteiger partial charge in [-0.1, -0.05) is 78.9 Å². The van der Waals surface area contributed by atoms with Gasteiger partial charge in [-0.15, -0.1) is 0 Å². The molecule has 0 bridgehead atoms. The van der Waals surface area contributed by atoms with Crippen LogP contribution in [0.3, 0.4) is 0 Å². The number of nitrogens with zero attached hydrogens (tertiary/aromatic N) is 1. The lowest BCUT2D eigenvalue weighted by molar-refractivity contribution is 1.08. The molecule has 0 unspecified atom stereocenters. The van der Waals surface area contributed by atoms with Crippen molar-refractivity contribution >= 4 is 35.7 Å². The van der Waals surface area contributed by atoms with Crippen LogP contribution in [0.1, 0.15) is 11.4 Å². The van der Waals surface area contributed by atoms with Gasteiger partial charge in [0.1, 0.15) is 12.3 Å². The molecule has 0 N–H and O–H groups in total. The van der Waals surface area contributed by atoms with Crippen molar-refractivity contribution in [2.24, 2.45) is 0 Å². The van der Waals surface area contributed by atoms with Crippen LogP contribution in [0.5, 0.6) is 0 Å². The van der Waals surface area contributed by atoms with Gasteiger partial charge < -0.3 is 0 Å². The average Bonchev–Trinajstić information content (AvgIpc) is 2.95. The maximum absolute atomic E-state index is 5.30. The Bertz CT molecular complexity index is 1200. The first-order valence-electron chi connectivity index (χ1n) is 12.5. The molecule has 0 spiro atoms. The van der Waals surface area contributed by atoms with Gasteiger partial charge in [-0.25, -0.2) is 0 Å². The topological polar surface area (TPSA) is 12.9 Å². The van der Waals surface area contributed by atoms with Crippen LogP contribution < -0.4 is 21.2 Å². The van der Waals surface area contributed by atoms with Gasteiger partial charge in [0, 0.05) is 0 Å². The fourth-order valence-electron chi connectivity index (χ4n) is 5.04. The van der Waals surface area contributed by atoms with Crippen molar-refractivity contribution in [1.82, 2.24) is 4.98 Å². The van der Waals surface area contributed by atoms with Crippen LogP contribution in [-0.4, -0.2) is 18.3 Å². The molecule has 1 aromatic heterocycles. The van der Waals surface area contributed by atoms with E-state index in [4.69, 9.17) is 4.98 Å². The maximum atomic E-state index is 5.30. The van der Waals surface area contributed by atoms with Crippen molar-refractivity contribution in [2.45, 2.75) is 12.3 Å². The summed E-state index contributed by atoms with van der Waals surface area (Å²) in [6.07, 6.45) is 1.92. The number of benzene rings is 4. The first-order chi connectivity index (χ1) is 17.6. The summed E-state index contributed by atoms with van der Waals surface area (Å²) < 4.78 is 0. The van der Waals surface area contributed by atoms with Crippen LogP contribution in [0.2, 0.25) is 0 Å². The van der Waals surface area contributed by atoms with Crippen LogP contribution in [0.15, 0.2) is 140 Å². The van der Waals surface area contributed by atoms with Gasteiger partial charge in [-0.3, -0.25) is 4.98 Å². The fourth-order valence-corrected chi connectivity index (χ4v) is 11.3. The van der Waals surface area contributed by atoms with E-state index in [1.54, 1.807) is 0 Å². The number of pyridine rings is 1. The van der Waals surface area contributed by atoms with Gasteiger partial charge in [0.2, 0.25) is 0 Å². The van der Waals surface area contributed by atoms with Gasteiger partial charge in [0.05, 0.1) is 60.5 Å². The number of aromatic nitrogens is 1. The van der Waals surface area contributed by atoms with Crippen LogP contribution in [0, 0.1) is 0 Å². The minimum Gasteiger partial charge on any atom is -0.250 e. The smallest absolute Gasteiger partial charge is 0.110 e. The van der Waals surface area contributed by atoms with E-state index in [-0.39, 0.29) is 0 Å². The van der Waals surface area contributed by atoms with E-state index in [0.717, 1.165) is 12.3 Å². The molecule has 0 aliphatic rings. The molecule has 0 aliphatic carbocycles. The normalized spacial score (nSPS) is 11.8. The van der Waals surface area contributed by atoms with E-state index in [9.17, 15) is 0 Å². The SMILES string of the molecule is C[P+](Cc1cccc(C[P+](C)(c2ccccc2)c2ccccc2)n1)(c1ccccc1)c1ccccc1. The summed E-state index contributed by atoms with van der Waals surface area (Å²) in [5, 5.41) is 5.70. The van der Waals surface area contributed by atoms with Gasteiger partial charge in [0.15, 0.2) is 0 Å². The molecule has 0 radical (unpaired) electrons. The quantitative estimate of drug-likeness (QED) is 0.215. The van der Waals surface area contributed by atoms with Crippen molar-refractivity contribution in [3.05, 3.63) is 151 Å². The Morgan fingerprint density at radius 3 is 0.944 bits per heavy atom. The van der Waals surface area contributed by atoms with Crippen molar-refractivity contribution in [1.29, 1.82) is 0 Å². The first kappa shape index (κ1) is 24.6. The lowest BCUT2D eigenvalue weighted by Gasteiger charge is -2.24. The predicted molar refractivity (Wildman–Crippen MR) is 162 cm³/mol. The van der Waals surface area contributed by atoms with Crippen LogP contribution in [0.4, 0.5) is 0 Å². The lowest BCUT2D eigenvalue weighted by atomic mass is 10.3. The predicted octanol–water partition coefficient (Wildman–Crippen LogP) is 6.68. The molecule has 36 heavy (non-hydrogen) atoms. The monoisotopic (exact) mass is 505 g/mol. The van der Waals surface area contributed by atoms with Crippen LogP contribution >= 0.6 is 14.5 Å². The summed E-state index contributed by atoms with van der Waals surface area (Å²) in [6, 6.07) is 50.7. The molecule has 3 heteroatoms. The highest BCUT2D eigenvalue weighted by Gasteiger charge is 2.40. The Hall–Kier alpha value is -3.11. The van der Waals surface area contributed by atoms with Crippen molar-refractivity contribution < 1.29 is 0 Å². The zero-order valence-corrected chi connectivity index (χ0v) is 22.8. The third-order valence-corrected chi connectivity index (χ3v) is 14.8. The van der Waals surface area contributed by atoms with E-state index in [0.29, 0.717) is 0 Å². The second-order valence-corrected chi connectivity index (χ2v) is 17.1. The molecule has 0 fully saturated rings. The van der Waals surface area contributed by atoms with E-state index in [1.807, 2.05) is 0 Å². The summed E-state index contributed by atoms with van der Waals surface area (Å²) in [6.45, 7) is 4.91. The van der Waals surface area contributed by atoms with Crippen molar-refractivity contribution in [3.8, 4) is 0 Å². The highest BCUT2D eigenvalue weighted by molar-refractivity contribution is 7.88. The number of rotatable bonds is 8. The standard InChI is InChI=1S/C33H33NP2/c1-35(30-18-7-3-8-19-30,31-20-9-4-10-21-31)26-28-16-15-17-29(34-28)27-36(2,32-22-11-5-12-23-32)33-24-13-6-14-25-33/h3-25H,26-27H2,1-2H3/q+2. The Balaban J connectivity index is 1.52. The van der Waals surface area contributed by atoms with Crippen LogP contribution in [0.25, 0.3) is 0 Å². The Morgan fingerprint density at radius 2 is 0.667 bits per heavy atom. The molecule has 1 nitrogen and oxygen atoms in total. The molecular formula is C33H33NP2+2. The Morgan fingerprint density at radius 1 is 0.389 bits per heavy atom. The van der Waals surface area contributed by atoms with Gasteiger partial charge in [-0.2, -0.15) is 0 Å². The molecule has 0 atom stereocenters. The van der Waals surface area contributed by atoms with E-state index in [2.05, 4.69) is 153 Å². The van der Waals surface area contributed by atoms with Crippen LogP contribution in [-0.2, 0) is 12.3 Å². The van der Waals surface area contributed by atoms with Crippen molar-refractivity contribution in [2.75, 3.05) is 13.3 Å². The molecule has 1 heterocycles. The third kappa shape index (κ3) is 5.19. The molecule has 0 amide bonds. The Kier molecular flexibility index (Phi) is 7.43. The van der Waals surface area contributed by atoms with E-state index >= 15 is 0 Å². The second-order valence-electron chi connectivity index (χ2n) is 9.66. The highest BCUT2D eigenvalue weighted by atomic mass is 31.2. The molecule has 0 saturated carbocycles. The zero-order valence-electron chi connectivity index (χ0n) is 21.0. The summed E-state index contributed by atoms with van der Waals surface area (Å²) >= 11 is 0. The first-order valence-corrected chi connectivity index (χ1v) is 17.3. The molecule has 5 aromatic rings. The highest BCUT2D eigenvalue weighted by Crippen LogP contribution is 2.57. The minimum atomic E-state index is -1.64. The van der Waals surface area contributed by atoms with Gasteiger partial charge in [0.25, 0.3) is 0 Å². The Labute approximate surface area is 217 Å². The summed E-state index contributed by atoms with van der Waals surface area (Å²) in [7, 11) is -3.27. The largest absolute Gasteiger partial charge is 0.250 e. The average molecular weight is 506 g/mol. The molecule has 4 aromatic carbocycles. The summed E-state index contributed by atoms with van der Waals surface area (Å²) in [4.78, 5) is 5.30. The zero-order chi connectivity index (χ0) is 24.8. The second kappa shape index (κ2) is 10.9. The van der Waals surface area contributed by atoms with E-state index < -0.39 is 14.5 Å².